The zero-order valence-corrected chi connectivity index (χ0v) is 23.0. The Morgan fingerprint density at radius 2 is 1.92 bits per heavy atom. The van der Waals surface area contributed by atoms with Gasteiger partial charge < -0.3 is 19.9 Å². The number of amidine groups is 1. The van der Waals surface area contributed by atoms with Gasteiger partial charge in [-0.05, 0) is 57.3 Å². The summed E-state index contributed by atoms with van der Waals surface area (Å²) in [5, 5.41) is 23.2. The van der Waals surface area contributed by atoms with E-state index in [0.717, 1.165) is 42.0 Å². The summed E-state index contributed by atoms with van der Waals surface area (Å²) in [4.78, 5) is 28.0. The summed E-state index contributed by atoms with van der Waals surface area (Å²) in [7, 11) is 0. The van der Waals surface area contributed by atoms with Crippen molar-refractivity contribution >= 4 is 46.6 Å². The van der Waals surface area contributed by atoms with Crippen molar-refractivity contribution in [3.63, 3.8) is 0 Å². The summed E-state index contributed by atoms with van der Waals surface area (Å²) in [6.45, 7) is 8.58. The van der Waals surface area contributed by atoms with Crippen molar-refractivity contribution in [3.05, 3.63) is 5.82 Å². The van der Waals surface area contributed by atoms with Gasteiger partial charge >= 0.3 is 6.09 Å². The Labute approximate surface area is 222 Å². The first kappa shape index (κ1) is 26.1. The second-order valence-corrected chi connectivity index (χ2v) is 12.4. The number of imidazole rings is 1. The molecule has 0 radical (unpaired) electrons. The van der Waals surface area contributed by atoms with E-state index in [-0.39, 0.29) is 17.7 Å². The third-order valence-electron chi connectivity index (χ3n) is 8.46. The third kappa shape index (κ3) is 5.66. The van der Waals surface area contributed by atoms with E-state index in [4.69, 9.17) is 15.4 Å². The molecule has 1 amide bonds. The van der Waals surface area contributed by atoms with E-state index in [9.17, 15) is 9.90 Å². The topological polar surface area (TPSA) is 132 Å². The highest BCUT2D eigenvalue weighted by atomic mass is 32.2. The SMILES string of the molecule is CC1CCC(Cn2c(N3CCSCC3C)nc3nc(C(=N)NC(=O)O)nc(N[C@H](C)C4CCC4)c32)CC1. The molecule has 3 heterocycles. The van der Waals surface area contributed by atoms with E-state index in [2.05, 4.69) is 45.9 Å². The van der Waals surface area contributed by atoms with Gasteiger partial charge in [-0.2, -0.15) is 16.7 Å². The maximum atomic E-state index is 11.2. The van der Waals surface area contributed by atoms with Crippen molar-refractivity contribution in [1.29, 1.82) is 5.41 Å². The largest absolute Gasteiger partial charge is 0.465 e. The average Bonchev–Trinajstić information content (AvgIpc) is 3.17. The Bertz CT molecular complexity index is 1140. The number of carboxylic acid groups (broad SMARTS) is 1. The first-order valence-corrected chi connectivity index (χ1v) is 14.9. The number of fused-ring (bicyclic) bond motifs is 1. The van der Waals surface area contributed by atoms with Gasteiger partial charge in [0.25, 0.3) is 0 Å². The minimum absolute atomic E-state index is 0.0446. The molecule has 2 aromatic heterocycles. The molecule has 202 valence electrons. The molecule has 4 N–H and O–H groups in total. The van der Waals surface area contributed by atoms with Crippen molar-refractivity contribution in [2.24, 2.45) is 17.8 Å². The van der Waals surface area contributed by atoms with Crippen LogP contribution in [0.1, 0.15) is 71.5 Å². The first-order chi connectivity index (χ1) is 17.8. The zero-order valence-electron chi connectivity index (χ0n) is 22.2. The summed E-state index contributed by atoms with van der Waals surface area (Å²) in [6, 6.07) is 0.569. The van der Waals surface area contributed by atoms with Crippen LogP contribution >= 0.6 is 11.8 Å². The summed E-state index contributed by atoms with van der Waals surface area (Å²) < 4.78 is 2.33. The molecular formula is C26H40N8O2S. The van der Waals surface area contributed by atoms with Crippen molar-refractivity contribution in [2.75, 3.05) is 28.3 Å². The Hall–Kier alpha value is -2.56. The number of thioether (sulfide) groups is 1. The molecule has 37 heavy (non-hydrogen) atoms. The molecule has 11 heteroatoms. The molecule has 2 saturated carbocycles. The molecule has 2 aromatic rings. The summed E-state index contributed by atoms with van der Waals surface area (Å²) in [6.07, 6.45) is 7.26. The number of hydrogen-bond donors (Lipinski definition) is 4. The molecule has 0 bridgehead atoms. The number of anilines is 2. The fourth-order valence-electron chi connectivity index (χ4n) is 5.86. The standard InChI is InChI=1S/C26H40N8O2S/c1-15-7-9-18(10-8-15)13-34-20-22(28-17(3)19-5-4-6-19)30-24(21(27)29-26(35)36)31-23(20)32-25(34)33-11-12-37-14-16(33)2/h15-19H,4-14H2,1-3H3,(H2,27,29)(H,35,36)(H,28,30,31)/t15?,16?,17-,18?/m1/s1. The van der Waals surface area contributed by atoms with Crippen molar-refractivity contribution in [1.82, 2.24) is 24.8 Å². The molecule has 3 fully saturated rings. The molecular weight excluding hydrogens is 488 g/mol. The second-order valence-electron chi connectivity index (χ2n) is 11.3. The number of nitrogens with zero attached hydrogens (tertiary/aromatic N) is 5. The fourth-order valence-corrected chi connectivity index (χ4v) is 6.87. The summed E-state index contributed by atoms with van der Waals surface area (Å²) in [5.74, 6) is 5.33. The van der Waals surface area contributed by atoms with Crippen LogP contribution in [0.4, 0.5) is 16.6 Å². The smallest absolute Gasteiger partial charge is 0.410 e. The van der Waals surface area contributed by atoms with Gasteiger partial charge in [0.05, 0.1) is 0 Å². The van der Waals surface area contributed by atoms with Crippen LogP contribution in [0.15, 0.2) is 0 Å². The predicted octanol–water partition coefficient (Wildman–Crippen LogP) is 4.79. The average molecular weight is 529 g/mol. The number of carbonyl (C=O) groups is 1. The maximum Gasteiger partial charge on any atom is 0.410 e. The van der Waals surface area contributed by atoms with Crippen LogP contribution in [0.3, 0.4) is 0 Å². The number of nitrogens with one attached hydrogen (secondary N) is 3. The highest BCUT2D eigenvalue weighted by Gasteiger charge is 2.31. The number of hydrogen-bond acceptors (Lipinski definition) is 8. The highest BCUT2D eigenvalue weighted by Crippen LogP contribution is 2.36. The second kappa shape index (κ2) is 11.0. The van der Waals surface area contributed by atoms with Gasteiger partial charge in [-0.1, -0.05) is 26.2 Å². The lowest BCUT2D eigenvalue weighted by Crippen LogP contribution is -2.42. The van der Waals surface area contributed by atoms with Crippen molar-refractivity contribution < 1.29 is 9.90 Å². The van der Waals surface area contributed by atoms with Crippen LogP contribution in [-0.4, -0.2) is 66.7 Å². The zero-order chi connectivity index (χ0) is 26.1. The van der Waals surface area contributed by atoms with Crippen LogP contribution in [-0.2, 0) is 6.54 Å². The normalized spacial score (nSPS) is 25.5. The molecule has 1 aliphatic heterocycles. The van der Waals surface area contributed by atoms with Crippen molar-refractivity contribution in [2.45, 2.75) is 84.3 Å². The molecule has 0 aromatic carbocycles. The minimum atomic E-state index is -1.30. The van der Waals surface area contributed by atoms with Gasteiger partial charge in [0.15, 0.2) is 23.1 Å². The number of amides is 1. The Morgan fingerprint density at radius 1 is 1.16 bits per heavy atom. The molecule has 2 atom stereocenters. The maximum absolute atomic E-state index is 11.2. The Kier molecular flexibility index (Phi) is 7.78. The Balaban J connectivity index is 1.61. The lowest BCUT2D eigenvalue weighted by Gasteiger charge is -2.35. The molecule has 3 aliphatic rings. The molecule has 1 unspecified atom stereocenters. The number of aromatic nitrogens is 4. The summed E-state index contributed by atoms with van der Waals surface area (Å²) in [5.41, 5.74) is 1.40. The van der Waals surface area contributed by atoms with E-state index in [1.54, 1.807) is 0 Å². The van der Waals surface area contributed by atoms with Gasteiger partial charge in [0.2, 0.25) is 5.95 Å². The molecule has 5 rings (SSSR count). The quantitative estimate of drug-likeness (QED) is 0.298. The molecule has 10 nitrogen and oxygen atoms in total. The van der Waals surface area contributed by atoms with E-state index in [1.807, 2.05) is 11.8 Å². The minimum Gasteiger partial charge on any atom is -0.465 e. The predicted molar refractivity (Wildman–Crippen MR) is 149 cm³/mol. The third-order valence-corrected chi connectivity index (χ3v) is 9.65. The van der Waals surface area contributed by atoms with Crippen LogP contribution in [0.25, 0.3) is 11.2 Å². The van der Waals surface area contributed by atoms with Crippen LogP contribution in [0, 0.1) is 23.2 Å². The van der Waals surface area contributed by atoms with Gasteiger partial charge in [-0.25, -0.2) is 14.8 Å². The Morgan fingerprint density at radius 3 is 2.57 bits per heavy atom. The van der Waals surface area contributed by atoms with Gasteiger partial charge in [-0.15, -0.1) is 0 Å². The van der Waals surface area contributed by atoms with E-state index >= 15 is 0 Å². The highest BCUT2D eigenvalue weighted by molar-refractivity contribution is 7.99. The molecule has 1 saturated heterocycles. The van der Waals surface area contributed by atoms with Crippen LogP contribution in [0.2, 0.25) is 0 Å². The first-order valence-electron chi connectivity index (χ1n) is 13.8. The monoisotopic (exact) mass is 528 g/mol. The van der Waals surface area contributed by atoms with Gasteiger partial charge in [0.1, 0.15) is 5.52 Å². The van der Waals surface area contributed by atoms with Gasteiger partial charge in [0, 0.05) is 36.7 Å². The summed E-state index contributed by atoms with van der Waals surface area (Å²) >= 11 is 1.97. The molecule has 0 spiro atoms. The number of rotatable bonds is 7. The fraction of sp³-hybridized carbons (Fsp3) is 0.731. The van der Waals surface area contributed by atoms with Crippen molar-refractivity contribution in [3.8, 4) is 0 Å². The van der Waals surface area contributed by atoms with E-state index in [1.165, 1.54) is 44.9 Å². The lowest BCUT2D eigenvalue weighted by molar-refractivity contribution is 0.200. The lowest BCUT2D eigenvalue weighted by atomic mass is 9.80. The molecule has 2 aliphatic carbocycles. The van der Waals surface area contributed by atoms with Gasteiger partial charge in [-0.3, -0.25) is 10.7 Å². The van der Waals surface area contributed by atoms with Crippen LogP contribution in [0.5, 0.6) is 0 Å². The van der Waals surface area contributed by atoms with E-state index in [0.29, 0.717) is 29.3 Å². The van der Waals surface area contributed by atoms with Crippen LogP contribution < -0.4 is 15.5 Å². The van der Waals surface area contributed by atoms with E-state index < -0.39 is 6.09 Å².